The van der Waals surface area contributed by atoms with Crippen molar-refractivity contribution in [2.45, 2.75) is 25.6 Å². The minimum absolute atomic E-state index is 0.0432. The van der Waals surface area contributed by atoms with Gasteiger partial charge in [-0.1, -0.05) is 36.4 Å². The molecule has 1 atom stereocenters. The van der Waals surface area contributed by atoms with Crippen LogP contribution in [0.3, 0.4) is 0 Å². The highest BCUT2D eigenvalue weighted by atomic mass is 16.3. The van der Waals surface area contributed by atoms with Gasteiger partial charge in [0.1, 0.15) is 5.82 Å². The Morgan fingerprint density at radius 3 is 2.71 bits per heavy atom. The van der Waals surface area contributed by atoms with Gasteiger partial charge >= 0.3 is 0 Å². The van der Waals surface area contributed by atoms with Gasteiger partial charge in [-0.2, -0.15) is 0 Å². The van der Waals surface area contributed by atoms with E-state index in [9.17, 15) is 0 Å². The molecule has 0 spiro atoms. The van der Waals surface area contributed by atoms with E-state index in [0.717, 1.165) is 37.4 Å². The van der Waals surface area contributed by atoms with Gasteiger partial charge in [0.2, 0.25) is 0 Å². The van der Waals surface area contributed by atoms with Gasteiger partial charge in [-0.05, 0) is 23.6 Å². The standard InChI is InChI=1S/C17H21N3O/c21-13-15-6-7-17(18-10-15)19-16-8-9-20(12-16)11-14-4-2-1-3-5-14/h1-7,10,16,21H,8-9,11-13H2,(H,18,19)/t16-/m0/s1. The highest BCUT2D eigenvalue weighted by Gasteiger charge is 2.22. The first kappa shape index (κ1) is 14.0. The lowest BCUT2D eigenvalue weighted by Gasteiger charge is -2.17. The van der Waals surface area contributed by atoms with Gasteiger partial charge in [-0.25, -0.2) is 4.98 Å². The summed E-state index contributed by atoms with van der Waals surface area (Å²) in [5.41, 5.74) is 2.21. The van der Waals surface area contributed by atoms with Gasteiger partial charge in [0.15, 0.2) is 0 Å². The lowest BCUT2D eigenvalue weighted by molar-refractivity contribution is 0.281. The summed E-state index contributed by atoms with van der Waals surface area (Å²) in [6.45, 7) is 3.21. The van der Waals surface area contributed by atoms with E-state index in [-0.39, 0.29) is 6.61 Å². The summed E-state index contributed by atoms with van der Waals surface area (Å²) in [6, 6.07) is 14.9. The Morgan fingerprint density at radius 1 is 1.14 bits per heavy atom. The van der Waals surface area contributed by atoms with Crippen LogP contribution in [-0.2, 0) is 13.2 Å². The molecule has 2 heterocycles. The van der Waals surface area contributed by atoms with Gasteiger partial charge in [-0.15, -0.1) is 0 Å². The van der Waals surface area contributed by atoms with Crippen LogP contribution in [0.5, 0.6) is 0 Å². The van der Waals surface area contributed by atoms with Gasteiger partial charge in [0, 0.05) is 31.9 Å². The Hall–Kier alpha value is -1.91. The third-order valence-corrected chi connectivity index (χ3v) is 3.88. The van der Waals surface area contributed by atoms with Crippen molar-refractivity contribution in [1.82, 2.24) is 9.88 Å². The first-order chi connectivity index (χ1) is 10.3. The number of nitrogens with one attached hydrogen (secondary N) is 1. The van der Waals surface area contributed by atoms with Crippen LogP contribution in [0.2, 0.25) is 0 Å². The van der Waals surface area contributed by atoms with Gasteiger partial charge in [0.05, 0.1) is 6.61 Å². The zero-order valence-electron chi connectivity index (χ0n) is 12.1. The zero-order chi connectivity index (χ0) is 14.5. The number of pyridine rings is 1. The van der Waals surface area contributed by atoms with E-state index in [0.29, 0.717) is 6.04 Å². The van der Waals surface area contributed by atoms with E-state index in [1.54, 1.807) is 6.20 Å². The second kappa shape index (κ2) is 6.70. The lowest BCUT2D eigenvalue weighted by Crippen LogP contribution is -2.26. The van der Waals surface area contributed by atoms with Crippen LogP contribution >= 0.6 is 0 Å². The number of likely N-dealkylation sites (tertiary alicyclic amines) is 1. The van der Waals surface area contributed by atoms with Crippen molar-refractivity contribution in [2.75, 3.05) is 18.4 Å². The number of nitrogens with zero attached hydrogens (tertiary/aromatic N) is 2. The molecule has 110 valence electrons. The molecule has 3 rings (SSSR count). The Kier molecular flexibility index (Phi) is 4.48. The van der Waals surface area contributed by atoms with Crippen molar-refractivity contribution in [2.24, 2.45) is 0 Å². The van der Waals surface area contributed by atoms with Crippen molar-refractivity contribution in [1.29, 1.82) is 0 Å². The van der Waals surface area contributed by atoms with Crippen molar-refractivity contribution in [3.63, 3.8) is 0 Å². The molecule has 0 unspecified atom stereocenters. The summed E-state index contributed by atoms with van der Waals surface area (Å²) in [5.74, 6) is 0.888. The second-order valence-electron chi connectivity index (χ2n) is 5.56. The van der Waals surface area contributed by atoms with Crippen molar-refractivity contribution in [3.8, 4) is 0 Å². The number of hydrogen-bond acceptors (Lipinski definition) is 4. The average Bonchev–Trinajstić information content (AvgIpc) is 2.96. The number of aliphatic hydroxyl groups excluding tert-OH is 1. The summed E-state index contributed by atoms with van der Waals surface area (Å²) >= 11 is 0. The number of anilines is 1. The maximum Gasteiger partial charge on any atom is 0.126 e. The number of benzene rings is 1. The maximum atomic E-state index is 9.02. The number of aromatic nitrogens is 1. The fourth-order valence-corrected chi connectivity index (χ4v) is 2.75. The summed E-state index contributed by atoms with van der Waals surface area (Å²) in [7, 11) is 0. The van der Waals surface area contributed by atoms with E-state index < -0.39 is 0 Å². The minimum Gasteiger partial charge on any atom is -0.392 e. The SMILES string of the molecule is OCc1ccc(N[C@H]2CCN(Cc3ccccc3)C2)nc1. The Labute approximate surface area is 125 Å². The molecule has 1 fully saturated rings. The van der Waals surface area contributed by atoms with Crippen LogP contribution in [0, 0.1) is 0 Å². The highest BCUT2D eigenvalue weighted by Crippen LogP contribution is 2.17. The van der Waals surface area contributed by atoms with Crippen molar-refractivity contribution < 1.29 is 5.11 Å². The molecular weight excluding hydrogens is 262 g/mol. The zero-order valence-corrected chi connectivity index (χ0v) is 12.1. The number of aliphatic hydroxyl groups is 1. The molecule has 1 saturated heterocycles. The number of hydrogen-bond donors (Lipinski definition) is 2. The molecule has 2 aromatic rings. The van der Waals surface area contributed by atoms with E-state index in [4.69, 9.17) is 5.11 Å². The maximum absolute atomic E-state index is 9.02. The smallest absolute Gasteiger partial charge is 0.126 e. The third kappa shape index (κ3) is 3.80. The molecule has 0 aliphatic carbocycles. The van der Waals surface area contributed by atoms with Crippen LogP contribution in [0.1, 0.15) is 17.5 Å². The van der Waals surface area contributed by atoms with E-state index in [2.05, 4.69) is 45.5 Å². The largest absolute Gasteiger partial charge is 0.392 e. The van der Waals surface area contributed by atoms with E-state index in [1.807, 2.05) is 12.1 Å². The summed E-state index contributed by atoms with van der Waals surface area (Å²) in [5, 5.41) is 12.5. The Balaban J connectivity index is 1.52. The molecule has 0 radical (unpaired) electrons. The predicted molar refractivity (Wildman–Crippen MR) is 83.9 cm³/mol. The Morgan fingerprint density at radius 2 is 2.00 bits per heavy atom. The molecule has 0 bridgehead atoms. The molecule has 1 aliphatic rings. The molecule has 1 aliphatic heterocycles. The molecule has 21 heavy (non-hydrogen) atoms. The molecule has 1 aromatic carbocycles. The number of rotatable bonds is 5. The minimum atomic E-state index is 0.0432. The molecular formula is C17H21N3O. The van der Waals surface area contributed by atoms with Crippen LogP contribution in [0.4, 0.5) is 5.82 Å². The highest BCUT2D eigenvalue weighted by molar-refractivity contribution is 5.37. The summed E-state index contributed by atoms with van der Waals surface area (Å²) in [4.78, 5) is 6.80. The average molecular weight is 283 g/mol. The second-order valence-corrected chi connectivity index (χ2v) is 5.56. The molecule has 4 heteroatoms. The van der Waals surface area contributed by atoms with Crippen molar-refractivity contribution in [3.05, 3.63) is 59.8 Å². The van der Waals surface area contributed by atoms with Gasteiger partial charge < -0.3 is 10.4 Å². The van der Waals surface area contributed by atoms with Gasteiger partial charge in [-0.3, -0.25) is 4.90 Å². The van der Waals surface area contributed by atoms with Crippen LogP contribution in [0.15, 0.2) is 48.7 Å². The van der Waals surface area contributed by atoms with Crippen LogP contribution < -0.4 is 5.32 Å². The lowest BCUT2D eigenvalue weighted by atomic mass is 10.2. The Bertz CT molecular complexity index is 556. The summed E-state index contributed by atoms with van der Waals surface area (Å²) in [6.07, 6.45) is 2.86. The van der Waals surface area contributed by atoms with Gasteiger partial charge in [0.25, 0.3) is 0 Å². The van der Waals surface area contributed by atoms with Crippen LogP contribution in [-0.4, -0.2) is 34.1 Å². The quantitative estimate of drug-likeness (QED) is 0.883. The fraction of sp³-hybridized carbons (Fsp3) is 0.353. The molecule has 1 aromatic heterocycles. The topological polar surface area (TPSA) is 48.4 Å². The van der Waals surface area contributed by atoms with E-state index >= 15 is 0 Å². The fourth-order valence-electron chi connectivity index (χ4n) is 2.75. The molecule has 0 saturated carbocycles. The molecule has 2 N–H and O–H groups in total. The molecule has 4 nitrogen and oxygen atoms in total. The van der Waals surface area contributed by atoms with Crippen molar-refractivity contribution >= 4 is 5.82 Å². The van der Waals surface area contributed by atoms with E-state index in [1.165, 1.54) is 5.56 Å². The monoisotopic (exact) mass is 283 g/mol. The normalized spacial score (nSPS) is 18.8. The first-order valence-corrected chi connectivity index (χ1v) is 7.42. The first-order valence-electron chi connectivity index (χ1n) is 7.42. The van der Waals surface area contributed by atoms with Crippen LogP contribution in [0.25, 0.3) is 0 Å². The predicted octanol–water partition coefficient (Wildman–Crippen LogP) is 2.26. The summed E-state index contributed by atoms with van der Waals surface area (Å²) < 4.78 is 0. The third-order valence-electron chi connectivity index (χ3n) is 3.88. The molecule has 0 amide bonds.